The van der Waals surface area contributed by atoms with Gasteiger partial charge < -0.3 is 14.8 Å². The Labute approximate surface area is 108 Å². The molecular weight excluding hydrogens is 224 g/mol. The number of hydrogen-bond acceptors (Lipinski definition) is 3. The van der Waals surface area contributed by atoms with E-state index in [-0.39, 0.29) is 0 Å². The van der Waals surface area contributed by atoms with Gasteiger partial charge in [0.05, 0.1) is 6.54 Å². The summed E-state index contributed by atoms with van der Waals surface area (Å²) >= 11 is 0. The third-order valence-corrected chi connectivity index (χ3v) is 3.08. The first-order valence-corrected chi connectivity index (χ1v) is 6.06. The van der Waals surface area contributed by atoms with E-state index < -0.39 is 0 Å². The van der Waals surface area contributed by atoms with E-state index in [0.717, 1.165) is 18.1 Å². The molecule has 4 nitrogen and oxygen atoms in total. The van der Waals surface area contributed by atoms with Gasteiger partial charge in [-0.3, -0.25) is 0 Å². The normalized spacial score (nSPS) is 10.4. The fraction of sp³-hybridized carbons (Fsp3) is 0.357. The lowest BCUT2D eigenvalue weighted by molar-refractivity contribution is 0.812. The molecule has 0 aliphatic heterocycles. The number of rotatable bonds is 4. The van der Waals surface area contributed by atoms with Crippen LogP contribution in [0, 0.1) is 6.92 Å². The SMILES string of the molecule is Cc1cc(N(C)C)ccc1NCc1nccn1C. The Morgan fingerprint density at radius 2 is 2.11 bits per heavy atom. The van der Waals surface area contributed by atoms with Gasteiger partial charge in [0.15, 0.2) is 0 Å². The first-order valence-electron chi connectivity index (χ1n) is 6.06. The average molecular weight is 244 g/mol. The van der Waals surface area contributed by atoms with Crippen molar-refractivity contribution in [2.75, 3.05) is 24.3 Å². The van der Waals surface area contributed by atoms with Crippen molar-refractivity contribution in [3.63, 3.8) is 0 Å². The summed E-state index contributed by atoms with van der Waals surface area (Å²) < 4.78 is 2.02. The van der Waals surface area contributed by atoms with Crippen LogP contribution in [0.2, 0.25) is 0 Å². The van der Waals surface area contributed by atoms with Crippen LogP contribution in [0.4, 0.5) is 11.4 Å². The third-order valence-electron chi connectivity index (χ3n) is 3.08. The topological polar surface area (TPSA) is 33.1 Å². The minimum absolute atomic E-state index is 0.742. The smallest absolute Gasteiger partial charge is 0.127 e. The second-order valence-electron chi connectivity index (χ2n) is 4.70. The van der Waals surface area contributed by atoms with Gasteiger partial charge in [-0.05, 0) is 30.7 Å². The highest BCUT2D eigenvalue weighted by Gasteiger charge is 2.03. The number of imidazole rings is 1. The number of nitrogens with zero attached hydrogens (tertiary/aromatic N) is 3. The van der Waals surface area contributed by atoms with Crippen LogP contribution in [0.5, 0.6) is 0 Å². The second kappa shape index (κ2) is 5.12. The van der Waals surface area contributed by atoms with Crippen LogP contribution < -0.4 is 10.2 Å². The summed E-state index contributed by atoms with van der Waals surface area (Å²) in [6.07, 6.45) is 3.78. The molecule has 0 atom stereocenters. The molecule has 0 fully saturated rings. The van der Waals surface area contributed by atoms with E-state index in [1.807, 2.05) is 24.0 Å². The molecule has 1 heterocycles. The van der Waals surface area contributed by atoms with Gasteiger partial charge in [-0.25, -0.2) is 4.98 Å². The summed E-state index contributed by atoms with van der Waals surface area (Å²) in [6, 6.07) is 6.42. The lowest BCUT2D eigenvalue weighted by Gasteiger charge is -2.16. The van der Waals surface area contributed by atoms with E-state index in [1.54, 1.807) is 0 Å². The number of nitrogens with one attached hydrogen (secondary N) is 1. The van der Waals surface area contributed by atoms with Crippen molar-refractivity contribution in [2.45, 2.75) is 13.5 Å². The molecule has 4 heteroatoms. The van der Waals surface area contributed by atoms with E-state index in [9.17, 15) is 0 Å². The van der Waals surface area contributed by atoms with E-state index >= 15 is 0 Å². The number of aromatic nitrogens is 2. The molecule has 0 saturated carbocycles. The molecule has 2 rings (SSSR count). The van der Waals surface area contributed by atoms with Gasteiger partial charge in [0.25, 0.3) is 0 Å². The lowest BCUT2D eigenvalue weighted by Crippen LogP contribution is -2.10. The summed E-state index contributed by atoms with van der Waals surface area (Å²) in [5.41, 5.74) is 3.62. The van der Waals surface area contributed by atoms with Gasteiger partial charge in [0.1, 0.15) is 5.82 Å². The van der Waals surface area contributed by atoms with Gasteiger partial charge in [0.2, 0.25) is 0 Å². The molecule has 1 aromatic heterocycles. The summed E-state index contributed by atoms with van der Waals surface area (Å²) in [4.78, 5) is 6.41. The molecule has 0 unspecified atom stereocenters. The largest absolute Gasteiger partial charge is 0.378 e. The maximum atomic E-state index is 4.30. The number of hydrogen-bond donors (Lipinski definition) is 1. The Balaban J connectivity index is 2.08. The number of anilines is 2. The molecule has 0 saturated heterocycles. The molecule has 0 bridgehead atoms. The highest BCUT2D eigenvalue weighted by atomic mass is 15.1. The minimum Gasteiger partial charge on any atom is -0.378 e. The van der Waals surface area contributed by atoms with Crippen molar-refractivity contribution in [3.05, 3.63) is 42.0 Å². The number of aryl methyl sites for hydroxylation is 2. The molecular formula is C14H20N4. The quantitative estimate of drug-likeness (QED) is 0.896. The molecule has 18 heavy (non-hydrogen) atoms. The fourth-order valence-corrected chi connectivity index (χ4v) is 1.87. The molecule has 96 valence electrons. The van der Waals surface area contributed by atoms with Crippen molar-refractivity contribution >= 4 is 11.4 Å². The van der Waals surface area contributed by atoms with E-state index in [2.05, 4.69) is 54.4 Å². The van der Waals surface area contributed by atoms with Crippen molar-refractivity contribution in [1.82, 2.24) is 9.55 Å². The fourth-order valence-electron chi connectivity index (χ4n) is 1.87. The zero-order chi connectivity index (χ0) is 13.1. The van der Waals surface area contributed by atoms with Crippen LogP contribution in [0.25, 0.3) is 0 Å². The summed E-state index contributed by atoms with van der Waals surface area (Å²) in [6.45, 7) is 2.86. The van der Waals surface area contributed by atoms with Crippen LogP contribution >= 0.6 is 0 Å². The van der Waals surface area contributed by atoms with Crippen LogP contribution in [0.3, 0.4) is 0 Å². The molecule has 1 aromatic carbocycles. The molecule has 0 radical (unpaired) electrons. The van der Waals surface area contributed by atoms with Gasteiger partial charge in [-0.1, -0.05) is 0 Å². The van der Waals surface area contributed by atoms with E-state index in [1.165, 1.54) is 11.3 Å². The zero-order valence-electron chi connectivity index (χ0n) is 11.4. The van der Waals surface area contributed by atoms with Crippen molar-refractivity contribution in [1.29, 1.82) is 0 Å². The Hall–Kier alpha value is -1.97. The lowest BCUT2D eigenvalue weighted by atomic mass is 10.1. The average Bonchev–Trinajstić information content (AvgIpc) is 2.73. The number of benzene rings is 1. The monoisotopic (exact) mass is 244 g/mol. The molecule has 0 aliphatic rings. The molecule has 2 aromatic rings. The first kappa shape index (κ1) is 12.5. The standard InChI is InChI=1S/C14H20N4/c1-11-9-12(17(2)3)5-6-13(11)16-10-14-15-7-8-18(14)4/h5-9,16H,10H2,1-4H3. The minimum atomic E-state index is 0.742. The Morgan fingerprint density at radius 3 is 2.67 bits per heavy atom. The highest BCUT2D eigenvalue weighted by molar-refractivity contribution is 5.59. The highest BCUT2D eigenvalue weighted by Crippen LogP contribution is 2.21. The summed E-state index contributed by atoms with van der Waals surface area (Å²) in [5, 5.41) is 3.42. The van der Waals surface area contributed by atoms with Crippen LogP contribution in [0.1, 0.15) is 11.4 Å². The zero-order valence-corrected chi connectivity index (χ0v) is 11.4. The van der Waals surface area contributed by atoms with Crippen LogP contribution in [-0.4, -0.2) is 23.6 Å². The van der Waals surface area contributed by atoms with E-state index in [0.29, 0.717) is 0 Å². The van der Waals surface area contributed by atoms with Gasteiger partial charge in [0, 0.05) is 44.9 Å². The van der Waals surface area contributed by atoms with Crippen LogP contribution in [-0.2, 0) is 13.6 Å². The molecule has 1 N–H and O–H groups in total. The van der Waals surface area contributed by atoms with Gasteiger partial charge in [-0.2, -0.15) is 0 Å². The Morgan fingerprint density at radius 1 is 1.33 bits per heavy atom. The Kier molecular flexibility index (Phi) is 3.55. The predicted octanol–water partition coefficient (Wildman–Crippen LogP) is 2.41. The summed E-state index contributed by atoms with van der Waals surface area (Å²) in [5.74, 6) is 1.03. The predicted molar refractivity (Wildman–Crippen MR) is 76.0 cm³/mol. The molecule has 0 spiro atoms. The summed E-state index contributed by atoms with van der Waals surface area (Å²) in [7, 11) is 6.11. The second-order valence-corrected chi connectivity index (χ2v) is 4.70. The molecule has 0 amide bonds. The van der Waals surface area contributed by atoms with Crippen molar-refractivity contribution in [2.24, 2.45) is 7.05 Å². The van der Waals surface area contributed by atoms with E-state index in [4.69, 9.17) is 0 Å². The first-order chi connectivity index (χ1) is 8.58. The third kappa shape index (κ3) is 2.64. The maximum Gasteiger partial charge on any atom is 0.127 e. The Bertz CT molecular complexity index is 528. The van der Waals surface area contributed by atoms with Crippen LogP contribution in [0.15, 0.2) is 30.6 Å². The molecule has 0 aliphatic carbocycles. The van der Waals surface area contributed by atoms with Gasteiger partial charge in [-0.15, -0.1) is 0 Å². The van der Waals surface area contributed by atoms with Crippen molar-refractivity contribution < 1.29 is 0 Å². The van der Waals surface area contributed by atoms with Crippen molar-refractivity contribution in [3.8, 4) is 0 Å². The maximum absolute atomic E-state index is 4.30. The van der Waals surface area contributed by atoms with Gasteiger partial charge >= 0.3 is 0 Å².